The van der Waals surface area contributed by atoms with Gasteiger partial charge in [-0.2, -0.15) is 5.10 Å². The van der Waals surface area contributed by atoms with Crippen molar-refractivity contribution in [1.29, 1.82) is 0 Å². The summed E-state index contributed by atoms with van der Waals surface area (Å²) in [6.07, 6.45) is 1.80. The number of carbonyl (C=O) groups is 2. The highest BCUT2D eigenvalue weighted by Gasteiger charge is 2.36. The summed E-state index contributed by atoms with van der Waals surface area (Å²) in [6, 6.07) is 13.7. The van der Waals surface area contributed by atoms with Gasteiger partial charge in [0, 0.05) is 6.20 Å². The van der Waals surface area contributed by atoms with Crippen molar-refractivity contribution in [2.24, 2.45) is 0 Å². The maximum Gasteiger partial charge on any atom is 0.266 e. The van der Waals surface area contributed by atoms with Crippen LogP contribution in [0.4, 0.5) is 5.69 Å². The molecule has 0 spiro atoms. The first-order valence-corrected chi connectivity index (χ1v) is 7.74. The van der Waals surface area contributed by atoms with Gasteiger partial charge < -0.3 is 0 Å². The van der Waals surface area contributed by atoms with Crippen molar-refractivity contribution in [2.75, 3.05) is 4.90 Å². The highest BCUT2D eigenvalue weighted by atomic mass is 35.5. The van der Waals surface area contributed by atoms with Gasteiger partial charge >= 0.3 is 0 Å². The Balaban J connectivity index is 1.75. The minimum absolute atomic E-state index is 0.339. The van der Waals surface area contributed by atoms with E-state index in [-0.39, 0.29) is 11.8 Å². The standard InChI is InChI=1S/C18H12ClN3O2/c1-11-8-9-21(20-11)16-7-6-12(10-15(16)19)22-17(23)13-4-2-3-5-14(13)18(22)24/h2-10H,1H3. The SMILES string of the molecule is Cc1ccn(-c2ccc(N3C(=O)c4ccccc4C3=O)cc2Cl)n1. The molecule has 0 bridgehead atoms. The van der Waals surface area contributed by atoms with Gasteiger partial charge in [-0.3, -0.25) is 9.59 Å². The number of nitrogens with zero attached hydrogens (tertiary/aromatic N) is 3. The van der Waals surface area contributed by atoms with Crippen LogP contribution in [0.1, 0.15) is 26.4 Å². The first-order chi connectivity index (χ1) is 11.6. The van der Waals surface area contributed by atoms with Crippen LogP contribution in [0.2, 0.25) is 5.02 Å². The molecule has 0 atom stereocenters. The Morgan fingerprint density at radius 2 is 1.62 bits per heavy atom. The number of aryl methyl sites for hydroxylation is 1. The van der Waals surface area contributed by atoms with Gasteiger partial charge in [0.15, 0.2) is 0 Å². The molecular weight excluding hydrogens is 326 g/mol. The van der Waals surface area contributed by atoms with E-state index in [1.807, 2.05) is 13.0 Å². The number of carbonyl (C=O) groups excluding carboxylic acids is 2. The van der Waals surface area contributed by atoms with Crippen LogP contribution in [0.15, 0.2) is 54.7 Å². The molecule has 0 saturated carbocycles. The van der Waals surface area contributed by atoms with E-state index >= 15 is 0 Å². The molecule has 6 heteroatoms. The number of aromatic nitrogens is 2. The van der Waals surface area contributed by atoms with E-state index < -0.39 is 0 Å². The first kappa shape index (κ1) is 14.7. The summed E-state index contributed by atoms with van der Waals surface area (Å²) in [6.45, 7) is 1.89. The van der Waals surface area contributed by atoms with Gasteiger partial charge in [0.2, 0.25) is 0 Å². The summed E-state index contributed by atoms with van der Waals surface area (Å²) in [5, 5.41) is 4.73. The van der Waals surface area contributed by atoms with Gasteiger partial charge in [0.25, 0.3) is 11.8 Å². The van der Waals surface area contributed by atoms with Gasteiger partial charge in [0.1, 0.15) is 0 Å². The lowest BCUT2D eigenvalue weighted by molar-refractivity contribution is 0.0926. The Morgan fingerprint density at radius 1 is 0.958 bits per heavy atom. The number of rotatable bonds is 2. The average Bonchev–Trinajstić information content (AvgIpc) is 3.10. The fourth-order valence-electron chi connectivity index (χ4n) is 2.79. The maximum absolute atomic E-state index is 12.5. The van der Waals surface area contributed by atoms with Gasteiger partial charge in [-0.05, 0) is 43.3 Å². The first-order valence-electron chi connectivity index (χ1n) is 7.36. The van der Waals surface area contributed by atoms with E-state index in [1.54, 1.807) is 53.3 Å². The molecule has 1 aliphatic heterocycles. The predicted octanol–water partition coefficient (Wildman–Crippen LogP) is 3.63. The third kappa shape index (κ3) is 2.13. The van der Waals surface area contributed by atoms with Gasteiger partial charge in [-0.1, -0.05) is 23.7 Å². The maximum atomic E-state index is 12.5. The number of hydrogen-bond acceptors (Lipinski definition) is 3. The van der Waals surface area contributed by atoms with Crippen molar-refractivity contribution in [3.8, 4) is 5.69 Å². The topological polar surface area (TPSA) is 55.2 Å². The zero-order chi connectivity index (χ0) is 16.8. The van der Waals surface area contributed by atoms with Gasteiger partial charge in [-0.15, -0.1) is 0 Å². The van der Waals surface area contributed by atoms with E-state index in [0.29, 0.717) is 27.5 Å². The van der Waals surface area contributed by atoms with Crippen molar-refractivity contribution in [2.45, 2.75) is 6.92 Å². The Hall–Kier alpha value is -2.92. The number of halogens is 1. The molecule has 0 radical (unpaired) electrons. The Bertz CT molecular complexity index is 958. The third-order valence-electron chi connectivity index (χ3n) is 3.95. The molecule has 5 nitrogen and oxygen atoms in total. The molecule has 0 aliphatic carbocycles. The zero-order valence-electron chi connectivity index (χ0n) is 12.7. The highest BCUT2D eigenvalue weighted by Crippen LogP contribution is 2.32. The van der Waals surface area contributed by atoms with Crippen LogP contribution in [0, 0.1) is 6.92 Å². The number of anilines is 1. The lowest BCUT2D eigenvalue weighted by Gasteiger charge is -2.15. The van der Waals surface area contributed by atoms with Gasteiger partial charge in [0.05, 0.1) is 33.2 Å². The van der Waals surface area contributed by atoms with Crippen LogP contribution in [0.3, 0.4) is 0 Å². The largest absolute Gasteiger partial charge is 0.268 e. The lowest BCUT2D eigenvalue weighted by atomic mass is 10.1. The van der Waals surface area contributed by atoms with Crippen molar-refractivity contribution in [3.05, 3.63) is 76.6 Å². The quantitative estimate of drug-likeness (QED) is 0.671. The number of fused-ring (bicyclic) bond motifs is 1. The Morgan fingerprint density at radius 3 is 2.17 bits per heavy atom. The average molecular weight is 338 g/mol. The number of amides is 2. The lowest BCUT2D eigenvalue weighted by Crippen LogP contribution is -2.29. The molecule has 2 aromatic carbocycles. The minimum atomic E-state index is -0.339. The van der Waals surface area contributed by atoms with E-state index in [0.717, 1.165) is 10.6 Å². The second-order valence-corrected chi connectivity index (χ2v) is 5.94. The molecular formula is C18H12ClN3O2. The minimum Gasteiger partial charge on any atom is -0.268 e. The summed E-state index contributed by atoms with van der Waals surface area (Å²) in [4.78, 5) is 26.2. The molecule has 0 fully saturated rings. The van der Waals surface area contributed by atoms with Crippen molar-refractivity contribution in [3.63, 3.8) is 0 Å². The molecule has 4 rings (SSSR count). The van der Waals surface area contributed by atoms with E-state index in [4.69, 9.17) is 11.6 Å². The molecule has 0 unspecified atom stereocenters. The third-order valence-corrected chi connectivity index (χ3v) is 4.26. The summed E-state index contributed by atoms with van der Waals surface area (Å²) in [7, 11) is 0. The van der Waals surface area contributed by atoms with Crippen molar-refractivity contribution >= 4 is 29.1 Å². The van der Waals surface area contributed by atoms with Crippen LogP contribution in [0.5, 0.6) is 0 Å². The molecule has 1 aromatic heterocycles. The monoisotopic (exact) mass is 337 g/mol. The van der Waals surface area contributed by atoms with Crippen LogP contribution >= 0.6 is 11.6 Å². The van der Waals surface area contributed by atoms with Crippen LogP contribution in [-0.4, -0.2) is 21.6 Å². The zero-order valence-corrected chi connectivity index (χ0v) is 13.5. The van der Waals surface area contributed by atoms with Crippen LogP contribution in [-0.2, 0) is 0 Å². The summed E-state index contributed by atoms with van der Waals surface area (Å²) < 4.78 is 1.66. The summed E-state index contributed by atoms with van der Waals surface area (Å²) in [5.74, 6) is -0.677. The second kappa shape index (κ2) is 5.32. The predicted molar refractivity (Wildman–Crippen MR) is 90.9 cm³/mol. The molecule has 2 heterocycles. The molecule has 3 aromatic rings. The van der Waals surface area contributed by atoms with Crippen molar-refractivity contribution < 1.29 is 9.59 Å². The number of benzene rings is 2. The molecule has 0 N–H and O–H groups in total. The van der Waals surface area contributed by atoms with Crippen LogP contribution in [0.25, 0.3) is 5.69 Å². The molecule has 118 valence electrons. The summed E-state index contributed by atoms with van der Waals surface area (Å²) >= 11 is 6.35. The fraction of sp³-hybridized carbons (Fsp3) is 0.0556. The van der Waals surface area contributed by atoms with E-state index in [1.165, 1.54) is 0 Å². The molecule has 1 aliphatic rings. The summed E-state index contributed by atoms with van der Waals surface area (Å²) in [5.41, 5.74) is 2.82. The molecule has 2 amide bonds. The Kier molecular flexibility index (Phi) is 3.25. The van der Waals surface area contributed by atoms with Crippen molar-refractivity contribution in [1.82, 2.24) is 9.78 Å². The molecule has 0 saturated heterocycles. The second-order valence-electron chi connectivity index (χ2n) is 5.53. The van der Waals surface area contributed by atoms with Gasteiger partial charge in [-0.25, -0.2) is 9.58 Å². The fourth-order valence-corrected chi connectivity index (χ4v) is 3.06. The van der Waals surface area contributed by atoms with E-state index in [9.17, 15) is 9.59 Å². The number of imide groups is 1. The van der Waals surface area contributed by atoms with Crippen LogP contribution < -0.4 is 4.90 Å². The normalized spacial score (nSPS) is 13.5. The molecule has 24 heavy (non-hydrogen) atoms. The Labute approximate surface area is 143 Å². The smallest absolute Gasteiger partial charge is 0.266 e. The van der Waals surface area contributed by atoms with E-state index in [2.05, 4.69) is 5.10 Å². The highest BCUT2D eigenvalue weighted by molar-refractivity contribution is 6.36. The number of hydrogen-bond donors (Lipinski definition) is 0.